The van der Waals surface area contributed by atoms with Crippen LogP contribution in [0.25, 0.3) is 0 Å². The second-order valence-electron chi connectivity index (χ2n) is 14.9. The predicted octanol–water partition coefficient (Wildman–Crippen LogP) is 10.6. The molecule has 1 atom stereocenters. The molecule has 6 rings (SSSR count). The minimum absolute atomic E-state index is 0. The number of benzene rings is 5. The summed E-state index contributed by atoms with van der Waals surface area (Å²) in [6, 6.07) is 25.5. The van der Waals surface area contributed by atoms with E-state index in [4.69, 9.17) is 23.6 Å². The van der Waals surface area contributed by atoms with Crippen molar-refractivity contribution in [3.05, 3.63) is 206 Å². The van der Waals surface area contributed by atoms with E-state index in [9.17, 15) is 40.3 Å². The first-order valence-corrected chi connectivity index (χ1v) is 24.3. The van der Waals surface area contributed by atoms with Crippen molar-refractivity contribution in [1.29, 1.82) is 0 Å². The van der Waals surface area contributed by atoms with Gasteiger partial charge in [0.05, 0.1) is 5.56 Å². The summed E-state index contributed by atoms with van der Waals surface area (Å²) in [7, 11) is 3.03. The molecule has 0 aromatic heterocycles. The van der Waals surface area contributed by atoms with Crippen molar-refractivity contribution in [1.82, 2.24) is 4.90 Å². The number of aldehydes is 1. The molecule has 1 amide bonds. The number of amides is 1. The number of aliphatic imine (C=N–C) groups is 2. The van der Waals surface area contributed by atoms with Gasteiger partial charge in [-0.3, -0.25) is 19.5 Å². The molecule has 0 saturated heterocycles. The Hall–Kier alpha value is -5.42. The molecule has 78 heavy (non-hydrogen) atoms. The Morgan fingerprint density at radius 2 is 1.18 bits per heavy atom. The normalized spacial score (nSPS) is 12.2. The van der Waals surface area contributed by atoms with Crippen LogP contribution in [0, 0.1) is 43.9 Å². The van der Waals surface area contributed by atoms with E-state index in [1.807, 2.05) is 34.7 Å². The summed E-state index contributed by atoms with van der Waals surface area (Å²) in [6.45, 7) is 8.45. The topological polar surface area (TPSA) is 159 Å². The number of hydrogen-bond acceptors (Lipinski definition) is 7. The molecule has 1 unspecified atom stereocenters. The third-order valence-corrected chi connectivity index (χ3v) is 11.1. The number of unbranched alkanes of at least 4 members (excludes halogenated alkanes) is 2. The molecule has 10 nitrogen and oxygen atoms in total. The molecule has 0 radical (unpaired) electrons. The van der Waals surface area contributed by atoms with Crippen LogP contribution < -0.4 is 43.7 Å². The van der Waals surface area contributed by atoms with Crippen LogP contribution in [0.5, 0.6) is 11.5 Å². The Morgan fingerprint density at radius 3 is 1.55 bits per heavy atom. The number of aryl methyl sites for hydroxylation is 2. The molecule has 6 N–H and O–H groups in total. The van der Waals surface area contributed by atoms with E-state index in [-0.39, 0.29) is 95.5 Å². The number of guanidine groups is 2. The second kappa shape index (κ2) is 43.5. The number of carbonyl (C=O) groups excluding carboxylic acids is 2. The molecule has 0 aliphatic carbocycles. The van der Waals surface area contributed by atoms with Gasteiger partial charge in [-0.1, -0.05) is 51.1 Å². The van der Waals surface area contributed by atoms with Crippen LogP contribution in [0.15, 0.2) is 151 Å². The Kier molecular flexibility index (Phi) is 44.1. The fraction of sp³-hybridized carbons (Fsp3) is 0.246. The molecule has 5 aromatic carbocycles. The van der Waals surface area contributed by atoms with Gasteiger partial charge in [0.2, 0.25) is 0 Å². The van der Waals surface area contributed by atoms with Crippen molar-refractivity contribution in [3.8, 4) is 23.8 Å². The standard InChI is InChI=1S/C22H22F3N3O2.C11H12FI.C9H6F2O.C7H4FIO.C4H7.C2H7N3.2CH4.BrH.Mg/c1-3-4-5-6-14-13-16(9-12-18(14)23)22(19(29)28(2)21(26)27-22)15-7-10-17(11-8-15)30-20(24)25;1-2-3-4-5-9-8-10(13)6-7-11(9)12;1-2-7-3-5-8(6-4-7)12-9(10)11;8-7-2-1-6(9)3-5(7)4-10;1-3-4-2;1-5-2(3)4;;;;/h3,7-13,20H,1,4-6H2,2H3,(H2,26,27);2,6-8H,1,3-5H2;1,3-6,9H;1-4H;3H,1-2,4H2;1H3,(H4,3,4,5);2*1H4;1H;/q;;;;-1;;;;;+2/p-1. The van der Waals surface area contributed by atoms with Crippen LogP contribution in [0.1, 0.15) is 85.1 Å². The van der Waals surface area contributed by atoms with Crippen LogP contribution in [-0.2, 0) is 23.2 Å². The maximum atomic E-state index is 14.4. The molecule has 1 heterocycles. The number of nitrogens with two attached hydrogens (primary N) is 3. The summed E-state index contributed by atoms with van der Waals surface area (Å²) in [5, 5.41) is 0. The molecular formula is C57H66BrF7I2MgN6O4. The molecule has 420 valence electrons. The Morgan fingerprint density at radius 1 is 0.769 bits per heavy atom. The van der Waals surface area contributed by atoms with E-state index >= 15 is 0 Å². The number of likely N-dealkylation sites (N-methyl/N-ethyl adjacent to an activating group) is 1. The van der Waals surface area contributed by atoms with Crippen molar-refractivity contribution in [3.63, 3.8) is 0 Å². The number of allylic oxidation sites excluding steroid dienone is 3. The van der Waals surface area contributed by atoms with Gasteiger partial charge >= 0.3 is 36.3 Å². The molecule has 1 aliphatic heterocycles. The summed E-state index contributed by atoms with van der Waals surface area (Å²) < 4.78 is 98.7. The fourth-order valence-corrected chi connectivity index (χ4v) is 7.07. The van der Waals surface area contributed by atoms with Crippen molar-refractivity contribution >= 4 is 92.3 Å². The molecule has 21 heteroatoms. The van der Waals surface area contributed by atoms with E-state index in [1.54, 1.807) is 30.4 Å². The van der Waals surface area contributed by atoms with Gasteiger partial charge in [0.15, 0.2) is 23.7 Å². The van der Waals surface area contributed by atoms with Gasteiger partial charge in [-0.15, -0.1) is 32.2 Å². The van der Waals surface area contributed by atoms with Crippen molar-refractivity contribution < 1.29 is 66.8 Å². The number of nitrogens with zero attached hydrogens (tertiary/aromatic N) is 3. The van der Waals surface area contributed by atoms with Gasteiger partial charge in [-0.05, 0) is 191 Å². The minimum Gasteiger partial charge on any atom is -1.00 e. The summed E-state index contributed by atoms with van der Waals surface area (Å²) in [4.78, 5) is 32.4. The van der Waals surface area contributed by atoms with E-state index in [0.717, 1.165) is 44.8 Å². The molecule has 0 bridgehead atoms. The largest absolute Gasteiger partial charge is 2.00 e. The summed E-state index contributed by atoms with van der Waals surface area (Å²) in [6.07, 6.45) is 16.4. The van der Waals surface area contributed by atoms with Crippen molar-refractivity contribution in [2.75, 3.05) is 14.1 Å². The Bertz CT molecular complexity index is 2680. The summed E-state index contributed by atoms with van der Waals surface area (Å²) >= 11 is 4.22. The van der Waals surface area contributed by atoms with Crippen molar-refractivity contribution in [2.45, 2.75) is 78.6 Å². The average molecular weight is 1390 g/mol. The SMILES string of the molecule is C.C.C#Cc1ccc(OC(F)F)cc1.C=CCCCc1cc(C2(c3ccc(OC(F)F)cc3)N=C(N)N(C)C2=O)ccc1F.C=CCCCc1cc(I)ccc1F.C=CC[CH2-].CN=C(N)N.O=Cc1cc(I)ccc1F.[Br-].[Mg+2]. The number of rotatable bonds is 16. The monoisotopic (exact) mass is 1390 g/mol. The van der Waals surface area contributed by atoms with Gasteiger partial charge in [0, 0.05) is 26.8 Å². The van der Waals surface area contributed by atoms with Gasteiger partial charge in [-0.25, -0.2) is 18.2 Å². The predicted molar refractivity (Wildman–Crippen MR) is 317 cm³/mol. The first kappa shape index (κ1) is 79.1. The number of ether oxygens (including phenoxy) is 2. The summed E-state index contributed by atoms with van der Waals surface area (Å²) in [5.74, 6) is 1.20. The second-order valence-corrected chi connectivity index (χ2v) is 17.4. The number of carbonyl (C=O) groups is 2. The number of hydrogen-bond donors (Lipinski definition) is 3. The molecule has 0 saturated carbocycles. The number of alkyl halides is 4. The van der Waals surface area contributed by atoms with E-state index in [0.29, 0.717) is 41.4 Å². The van der Waals surface area contributed by atoms with Crippen LogP contribution >= 0.6 is 45.2 Å². The maximum absolute atomic E-state index is 14.4. The Balaban J connectivity index is -0.000000478. The molecule has 0 fully saturated rings. The van der Waals surface area contributed by atoms with E-state index in [1.165, 1.54) is 97.9 Å². The summed E-state index contributed by atoms with van der Waals surface area (Å²) in [5.41, 5.74) is 16.9. The molecule has 1 aliphatic rings. The van der Waals surface area contributed by atoms with Gasteiger partial charge < -0.3 is 50.6 Å². The van der Waals surface area contributed by atoms with Crippen molar-refractivity contribution in [2.24, 2.45) is 27.2 Å². The Labute approximate surface area is 509 Å². The first-order chi connectivity index (χ1) is 35.2. The fourth-order valence-electron chi connectivity index (χ4n) is 6.00. The van der Waals surface area contributed by atoms with Gasteiger partial charge in [-0.2, -0.15) is 24.0 Å². The smallest absolute Gasteiger partial charge is 1.00 e. The first-order valence-electron chi connectivity index (χ1n) is 22.1. The minimum atomic E-state index is -2.96. The van der Waals surface area contributed by atoms with Crippen LogP contribution in [0.3, 0.4) is 0 Å². The molecule has 5 aromatic rings. The van der Waals surface area contributed by atoms with Crippen LogP contribution in [-0.4, -0.2) is 79.4 Å². The van der Waals surface area contributed by atoms with Gasteiger partial charge in [0.1, 0.15) is 29.0 Å². The van der Waals surface area contributed by atoms with Gasteiger partial charge in [0.25, 0.3) is 5.91 Å². The average Bonchev–Trinajstić information content (AvgIpc) is 3.61. The third kappa shape index (κ3) is 28.5. The zero-order valence-electron chi connectivity index (χ0n) is 41.8. The number of terminal acetylenes is 1. The molecular weight excluding hydrogens is 1320 g/mol. The number of halogens is 10. The van der Waals surface area contributed by atoms with E-state index in [2.05, 4.69) is 74.6 Å². The molecule has 0 spiro atoms. The maximum Gasteiger partial charge on any atom is 2.00 e. The zero-order valence-corrected chi connectivity index (χ0v) is 49.1. The quantitative estimate of drug-likeness (QED) is 0.00848. The van der Waals surface area contributed by atoms with Crippen LogP contribution in [0.2, 0.25) is 0 Å². The van der Waals surface area contributed by atoms with Crippen LogP contribution in [0.4, 0.5) is 30.7 Å². The third-order valence-electron chi connectivity index (χ3n) is 9.71. The van der Waals surface area contributed by atoms with E-state index < -0.39 is 30.5 Å². The zero-order chi connectivity index (χ0) is 55.8.